The molecule has 6 rings (SSSR count). The van der Waals surface area contributed by atoms with Gasteiger partial charge in [-0.2, -0.15) is 0 Å². The number of benzene rings is 2. The zero-order valence-electron chi connectivity index (χ0n) is 21.7. The molecule has 8 nitrogen and oxygen atoms in total. The highest BCUT2D eigenvalue weighted by Crippen LogP contribution is 2.42. The summed E-state index contributed by atoms with van der Waals surface area (Å²) in [5.74, 6) is -2.82. The SMILES string of the molecule is Cc1cc(C)c2cc([C@@H]3CCN(c4cc5c(OC6([C@H](C)O)OC(=O)C(=O)O6)cccc5[nH]4)[C@H](C)C3)sc2c1. The molecule has 3 atom stereocenters. The van der Waals surface area contributed by atoms with E-state index in [4.69, 9.17) is 14.2 Å². The number of anilines is 1. The number of thiophene rings is 1. The number of aryl methyl sites for hydroxylation is 2. The number of aliphatic hydroxyl groups is 1. The Morgan fingerprint density at radius 2 is 1.89 bits per heavy atom. The van der Waals surface area contributed by atoms with Gasteiger partial charge in [-0.3, -0.25) is 0 Å². The van der Waals surface area contributed by atoms with Crippen LogP contribution in [0.5, 0.6) is 5.75 Å². The van der Waals surface area contributed by atoms with E-state index in [0.29, 0.717) is 17.7 Å². The summed E-state index contributed by atoms with van der Waals surface area (Å²) in [5, 5.41) is 12.3. The smallest absolute Gasteiger partial charge is 0.418 e. The van der Waals surface area contributed by atoms with E-state index in [9.17, 15) is 14.7 Å². The van der Waals surface area contributed by atoms with Crippen molar-refractivity contribution in [2.24, 2.45) is 0 Å². The lowest BCUT2D eigenvalue weighted by Gasteiger charge is -2.38. The molecule has 0 radical (unpaired) electrons. The summed E-state index contributed by atoms with van der Waals surface area (Å²) >= 11 is 1.92. The Labute approximate surface area is 224 Å². The van der Waals surface area contributed by atoms with Gasteiger partial charge in [0, 0.05) is 27.5 Å². The molecule has 4 heterocycles. The summed E-state index contributed by atoms with van der Waals surface area (Å²) < 4.78 is 17.2. The predicted octanol–water partition coefficient (Wildman–Crippen LogP) is 5.29. The van der Waals surface area contributed by atoms with Gasteiger partial charge in [-0.05, 0) is 93.3 Å². The van der Waals surface area contributed by atoms with Crippen molar-refractivity contribution in [1.82, 2.24) is 4.98 Å². The third kappa shape index (κ3) is 4.10. The average molecular weight is 535 g/mol. The number of cyclic esters (lactones) is 2. The van der Waals surface area contributed by atoms with Gasteiger partial charge in [0.1, 0.15) is 11.6 Å². The van der Waals surface area contributed by atoms with Crippen molar-refractivity contribution in [2.45, 2.75) is 64.6 Å². The number of ether oxygens (including phenoxy) is 3. The van der Waals surface area contributed by atoms with Gasteiger partial charge in [-0.1, -0.05) is 12.1 Å². The van der Waals surface area contributed by atoms with Gasteiger partial charge < -0.3 is 29.2 Å². The number of rotatable bonds is 5. The van der Waals surface area contributed by atoms with Crippen LogP contribution in [0.4, 0.5) is 5.82 Å². The molecule has 4 aromatic rings. The van der Waals surface area contributed by atoms with Crippen LogP contribution in [0, 0.1) is 13.8 Å². The first-order chi connectivity index (χ1) is 18.1. The Morgan fingerprint density at radius 1 is 1.13 bits per heavy atom. The van der Waals surface area contributed by atoms with Crippen LogP contribution in [0.25, 0.3) is 21.0 Å². The number of H-pyrrole nitrogens is 1. The first-order valence-corrected chi connectivity index (χ1v) is 13.7. The molecule has 0 saturated carbocycles. The Balaban J connectivity index is 1.24. The Hall–Kier alpha value is -3.56. The number of hydrogen-bond donors (Lipinski definition) is 2. The molecule has 2 N–H and O–H groups in total. The molecule has 0 amide bonds. The maximum atomic E-state index is 11.7. The Morgan fingerprint density at radius 3 is 2.61 bits per heavy atom. The molecular weight excluding hydrogens is 504 g/mol. The van der Waals surface area contributed by atoms with E-state index in [1.165, 1.54) is 33.0 Å². The summed E-state index contributed by atoms with van der Waals surface area (Å²) in [7, 11) is 0. The lowest BCUT2D eigenvalue weighted by molar-refractivity contribution is -0.313. The van der Waals surface area contributed by atoms with Gasteiger partial charge in [0.2, 0.25) is 0 Å². The largest absolute Gasteiger partial charge is 0.449 e. The fourth-order valence-electron chi connectivity index (χ4n) is 5.67. The van der Waals surface area contributed by atoms with Crippen molar-refractivity contribution < 1.29 is 28.9 Å². The number of aliphatic hydroxyl groups excluding tert-OH is 1. The first-order valence-electron chi connectivity index (χ1n) is 12.9. The van der Waals surface area contributed by atoms with Gasteiger partial charge in [0.05, 0.1) is 5.52 Å². The average Bonchev–Trinajstić information content (AvgIpc) is 3.55. The van der Waals surface area contributed by atoms with E-state index >= 15 is 0 Å². The molecule has 2 aromatic heterocycles. The van der Waals surface area contributed by atoms with Crippen LogP contribution in [0.1, 0.15) is 48.6 Å². The number of hydrogen-bond acceptors (Lipinski definition) is 8. The summed E-state index contributed by atoms with van der Waals surface area (Å²) in [6, 6.07) is 14.6. The standard InChI is InChI=1S/C29H30N2O6S/c1-15-10-16(2)20-13-24(38-25(20)11-15)19-8-9-31(17(3)12-19)26-14-21-22(30-26)6-5-7-23(21)35-29(18(4)32)36-27(33)28(34)37-29/h5-7,10-11,13-14,17-19,30,32H,8-9,12H2,1-4H3/t17-,18+,19-/m1/s1. The number of carbonyl (C=O) groups is 2. The van der Waals surface area contributed by atoms with E-state index in [0.717, 1.165) is 36.1 Å². The molecule has 38 heavy (non-hydrogen) atoms. The van der Waals surface area contributed by atoms with Crippen molar-refractivity contribution in [3.05, 3.63) is 58.5 Å². The third-order valence-electron chi connectivity index (χ3n) is 7.61. The molecule has 2 saturated heterocycles. The minimum absolute atomic E-state index is 0.305. The molecule has 0 unspecified atom stereocenters. The molecule has 2 fully saturated rings. The molecule has 2 aromatic carbocycles. The maximum Gasteiger partial charge on any atom is 0.449 e. The van der Waals surface area contributed by atoms with Crippen molar-refractivity contribution >= 4 is 50.1 Å². The van der Waals surface area contributed by atoms with E-state index in [1.807, 2.05) is 23.5 Å². The highest BCUT2D eigenvalue weighted by Gasteiger charge is 2.56. The van der Waals surface area contributed by atoms with E-state index < -0.39 is 24.0 Å². The van der Waals surface area contributed by atoms with E-state index in [-0.39, 0.29) is 0 Å². The van der Waals surface area contributed by atoms with Gasteiger partial charge in [-0.15, -0.1) is 11.3 Å². The summed E-state index contributed by atoms with van der Waals surface area (Å²) in [5.41, 5.74) is 3.46. The van der Waals surface area contributed by atoms with E-state index in [1.54, 1.807) is 12.1 Å². The highest BCUT2D eigenvalue weighted by molar-refractivity contribution is 7.19. The number of carbonyl (C=O) groups excluding carboxylic acids is 2. The number of piperidine rings is 1. The second kappa shape index (κ2) is 9.03. The molecule has 0 aliphatic carbocycles. The van der Waals surface area contributed by atoms with Gasteiger partial charge in [0.15, 0.2) is 6.10 Å². The molecule has 0 bridgehead atoms. The molecule has 2 aliphatic heterocycles. The van der Waals surface area contributed by atoms with Crippen molar-refractivity contribution in [1.29, 1.82) is 0 Å². The lowest BCUT2D eigenvalue weighted by atomic mass is 9.90. The summed E-state index contributed by atoms with van der Waals surface area (Å²) in [4.78, 5) is 30.7. The third-order valence-corrected chi connectivity index (χ3v) is 8.85. The lowest BCUT2D eigenvalue weighted by Crippen LogP contribution is -2.47. The quantitative estimate of drug-likeness (QED) is 0.265. The maximum absolute atomic E-state index is 11.7. The van der Waals surface area contributed by atoms with Gasteiger partial charge >= 0.3 is 17.9 Å². The minimum Gasteiger partial charge on any atom is -0.418 e. The summed E-state index contributed by atoms with van der Waals surface area (Å²) in [6.07, 6.45) is 0.693. The second-order valence-electron chi connectivity index (χ2n) is 10.4. The van der Waals surface area contributed by atoms with Crippen LogP contribution >= 0.6 is 11.3 Å². The fourth-order valence-corrected chi connectivity index (χ4v) is 7.05. The van der Waals surface area contributed by atoms with Crippen LogP contribution < -0.4 is 9.64 Å². The first kappa shape index (κ1) is 24.8. The van der Waals surface area contributed by atoms with E-state index in [2.05, 4.69) is 48.9 Å². The molecular formula is C29H30N2O6S. The number of aromatic nitrogens is 1. The predicted molar refractivity (Wildman–Crippen MR) is 146 cm³/mol. The van der Waals surface area contributed by atoms with Crippen LogP contribution in [0.15, 0.2) is 42.5 Å². The normalized spacial score (nSPS) is 22.1. The number of esters is 2. The minimum atomic E-state index is -2.22. The summed E-state index contributed by atoms with van der Waals surface area (Å²) in [6.45, 7) is 8.82. The Bertz CT molecular complexity index is 1550. The highest BCUT2D eigenvalue weighted by atomic mass is 32.1. The number of fused-ring (bicyclic) bond motifs is 2. The van der Waals surface area contributed by atoms with Crippen LogP contribution in [-0.2, 0) is 19.1 Å². The number of nitrogens with one attached hydrogen (secondary N) is 1. The topological polar surface area (TPSA) is 101 Å². The van der Waals surface area contributed by atoms with Crippen molar-refractivity contribution in [2.75, 3.05) is 11.4 Å². The van der Waals surface area contributed by atoms with Crippen LogP contribution in [0.2, 0.25) is 0 Å². The monoisotopic (exact) mass is 534 g/mol. The van der Waals surface area contributed by atoms with Crippen LogP contribution in [0.3, 0.4) is 0 Å². The number of aromatic amines is 1. The zero-order valence-corrected chi connectivity index (χ0v) is 22.6. The second-order valence-corrected chi connectivity index (χ2v) is 11.6. The van der Waals surface area contributed by atoms with Gasteiger partial charge in [-0.25, -0.2) is 9.59 Å². The van der Waals surface area contributed by atoms with Crippen molar-refractivity contribution in [3.63, 3.8) is 0 Å². The molecule has 0 spiro atoms. The zero-order chi connectivity index (χ0) is 26.8. The van der Waals surface area contributed by atoms with Crippen LogP contribution in [-0.4, -0.2) is 46.7 Å². The van der Waals surface area contributed by atoms with Crippen molar-refractivity contribution in [3.8, 4) is 5.75 Å². The molecule has 9 heteroatoms. The van der Waals surface area contributed by atoms with Gasteiger partial charge in [0.25, 0.3) is 0 Å². The number of nitrogens with zero attached hydrogens (tertiary/aromatic N) is 1. The molecule has 198 valence electrons. The fraction of sp³-hybridized carbons (Fsp3) is 0.379. The molecule has 2 aliphatic rings. The Kier molecular flexibility index (Phi) is 5.88.